The highest BCUT2D eigenvalue weighted by Crippen LogP contribution is 2.26. The summed E-state index contributed by atoms with van der Waals surface area (Å²) in [5.74, 6) is -0.939. The van der Waals surface area contributed by atoms with Crippen molar-refractivity contribution >= 4 is 32.8 Å². The minimum absolute atomic E-state index is 0.267. The lowest BCUT2D eigenvalue weighted by atomic mass is 10.1. The third kappa shape index (κ3) is 1.21. The SMILES string of the molecule is Cn1ncc2c(Br)ccc(C(=O)O)c21. The largest absolute Gasteiger partial charge is 0.478 e. The van der Waals surface area contributed by atoms with Gasteiger partial charge < -0.3 is 5.11 Å². The van der Waals surface area contributed by atoms with Gasteiger partial charge >= 0.3 is 5.97 Å². The summed E-state index contributed by atoms with van der Waals surface area (Å²) in [7, 11) is 1.72. The number of rotatable bonds is 1. The molecular formula is C9H7BrN2O2. The Labute approximate surface area is 88.3 Å². The number of hydrogen-bond donors (Lipinski definition) is 1. The van der Waals surface area contributed by atoms with Crippen LogP contribution >= 0.6 is 15.9 Å². The van der Waals surface area contributed by atoms with E-state index in [0.29, 0.717) is 5.52 Å². The number of aromatic carboxylic acids is 1. The maximum atomic E-state index is 10.9. The van der Waals surface area contributed by atoms with E-state index in [0.717, 1.165) is 9.86 Å². The first-order chi connectivity index (χ1) is 6.61. The van der Waals surface area contributed by atoms with E-state index >= 15 is 0 Å². The molecule has 14 heavy (non-hydrogen) atoms. The molecule has 0 aliphatic rings. The predicted octanol–water partition coefficient (Wildman–Crippen LogP) is 2.03. The molecule has 0 saturated carbocycles. The lowest BCUT2D eigenvalue weighted by molar-refractivity contribution is 0.0698. The van der Waals surface area contributed by atoms with Gasteiger partial charge in [-0.25, -0.2) is 4.79 Å². The number of aromatic nitrogens is 2. The molecule has 0 radical (unpaired) electrons. The van der Waals surface area contributed by atoms with Gasteiger partial charge in [0, 0.05) is 16.9 Å². The van der Waals surface area contributed by atoms with Crippen LogP contribution in [0.1, 0.15) is 10.4 Å². The third-order valence-corrected chi connectivity index (χ3v) is 2.77. The maximum Gasteiger partial charge on any atom is 0.337 e. The van der Waals surface area contributed by atoms with E-state index in [-0.39, 0.29) is 5.56 Å². The van der Waals surface area contributed by atoms with Crippen LogP contribution in [0.4, 0.5) is 0 Å². The lowest BCUT2D eigenvalue weighted by Gasteiger charge is -2.01. The van der Waals surface area contributed by atoms with Crippen LogP contribution in [-0.2, 0) is 7.05 Å². The Hall–Kier alpha value is -1.36. The number of benzene rings is 1. The van der Waals surface area contributed by atoms with E-state index in [1.54, 1.807) is 30.1 Å². The Morgan fingerprint density at radius 3 is 2.93 bits per heavy atom. The first-order valence-corrected chi connectivity index (χ1v) is 4.74. The fourth-order valence-electron chi connectivity index (χ4n) is 1.43. The van der Waals surface area contributed by atoms with Crippen molar-refractivity contribution in [3.63, 3.8) is 0 Å². The van der Waals surface area contributed by atoms with Crippen molar-refractivity contribution in [2.75, 3.05) is 0 Å². The highest BCUT2D eigenvalue weighted by molar-refractivity contribution is 9.10. The zero-order valence-corrected chi connectivity index (χ0v) is 8.95. The first kappa shape index (κ1) is 9.21. The van der Waals surface area contributed by atoms with Gasteiger partial charge in [-0.15, -0.1) is 0 Å². The van der Waals surface area contributed by atoms with Gasteiger partial charge in [-0.2, -0.15) is 5.10 Å². The van der Waals surface area contributed by atoms with Gasteiger partial charge in [0.15, 0.2) is 0 Å². The van der Waals surface area contributed by atoms with Crippen LogP contribution in [0.3, 0.4) is 0 Å². The van der Waals surface area contributed by atoms with Crippen molar-refractivity contribution < 1.29 is 9.90 Å². The molecule has 0 aliphatic carbocycles. The van der Waals surface area contributed by atoms with Gasteiger partial charge in [0.2, 0.25) is 0 Å². The smallest absolute Gasteiger partial charge is 0.337 e. The number of halogens is 1. The first-order valence-electron chi connectivity index (χ1n) is 3.95. The monoisotopic (exact) mass is 254 g/mol. The highest BCUT2D eigenvalue weighted by Gasteiger charge is 2.13. The molecule has 1 heterocycles. The summed E-state index contributed by atoms with van der Waals surface area (Å²) in [5, 5.41) is 13.8. The van der Waals surface area contributed by atoms with Gasteiger partial charge in [0.25, 0.3) is 0 Å². The molecule has 1 aromatic carbocycles. The Kier molecular flexibility index (Phi) is 2.03. The second-order valence-corrected chi connectivity index (χ2v) is 3.78. The molecule has 0 atom stereocenters. The Balaban J connectivity index is 2.92. The van der Waals surface area contributed by atoms with Gasteiger partial charge in [-0.1, -0.05) is 15.9 Å². The second-order valence-electron chi connectivity index (χ2n) is 2.93. The summed E-state index contributed by atoms with van der Waals surface area (Å²) >= 11 is 3.35. The lowest BCUT2D eigenvalue weighted by Crippen LogP contribution is -2.01. The van der Waals surface area contributed by atoms with Crippen LogP contribution in [-0.4, -0.2) is 20.9 Å². The number of carbonyl (C=O) groups is 1. The second kappa shape index (κ2) is 3.09. The molecule has 4 nitrogen and oxygen atoms in total. The Morgan fingerprint density at radius 1 is 1.57 bits per heavy atom. The average Bonchev–Trinajstić information content (AvgIpc) is 2.50. The van der Waals surface area contributed by atoms with Crippen molar-refractivity contribution in [2.24, 2.45) is 7.05 Å². The predicted molar refractivity (Wildman–Crippen MR) is 55.4 cm³/mol. The van der Waals surface area contributed by atoms with E-state index in [1.807, 2.05) is 0 Å². The van der Waals surface area contributed by atoms with Gasteiger partial charge in [0.05, 0.1) is 17.3 Å². The van der Waals surface area contributed by atoms with E-state index in [1.165, 1.54) is 0 Å². The number of fused-ring (bicyclic) bond motifs is 1. The fourth-order valence-corrected chi connectivity index (χ4v) is 1.85. The number of hydrogen-bond acceptors (Lipinski definition) is 2. The van der Waals surface area contributed by atoms with Crippen molar-refractivity contribution in [1.82, 2.24) is 9.78 Å². The summed E-state index contributed by atoms with van der Waals surface area (Å²) in [6.45, 7) is 0. The zero-order chi connectivity index (χ0) is 10.3. The number of carboxylic acid groups (broad SMARTS) is 1. The van der Waals surface area contributed by atoms with Crippen LogP contribution in [0.25, 0.3) is 10.9 Å². The van der Waals surface area contributed by atoms with E-state index in [2.05, 4.69) is 21.0 Å². The zero-order valence-electron chi connectivity index (χ0n) is 7.36. The van der Waals surface area contributed by atoms with E-state index < -0.39 is 5.97 Å². The molecule has 2 rings (SSSR count). The molecule has 0 amide bonds. The topological polar surface area (TPSA) is 55.1 Å². The molecule has 0 bridgehead atoms. The molecular weight excluding hydrogens is 248 g/mol. The van der Waals surface area contributed by atoms with Crippen LogP contribution in [0, 0.1) is 0 Å². The molecule has 2 aromatic rings. The highest BCUT2D eigenvalue weighted by atomic mass is 79.9. The minimum Gasteiger partial charge on any atom is -0.478 e. The van der Waals surface area contributed by atoms with Crippen molar-refractivity contribution in [2.45, 2.75) is 0 Å². The quantitative estimate of drug-likeness (QED) is 0.848. The van der Waals surface area contributed by atoms with Crippen LogP contribution in [0.5, 0.6) is 0 Å². The van der Waals surface area contributed by atoms with E-state index in [4.69, 9.17) is 5.11 Å². The van der Waals surface area contributed by atoms with Crippen LogP contribution in [0.15, 0.2) is 22.8 Å². The number of aryl methyl sites for hydroxylation is 1. The van der Waals surface area contributed by atoms with E-state index in [9.17, 15) is 4.79 Å². The molecule has 72 valence electrons. The molecule has 0 unspecified atom stereocenters. The average molecular weight is 255 g/mol. The summed E-state index contributed by atoms with van der Waals surface area (Å²) in [4.78, 5) is 10.9. The summed E-state index contributed by atoms with van der Waals surface area (Å²) < 4.78 is 2.41. The van der Waals surface area contributed by atoms with Crippen molar-refractivity contribution in [3.05, 3.63) is 28.4 Å². The maximum absolute atomic E-state index is 10.9. The summed E-state index contributed by atoms with van der Waals surface area (Å²) in [6.07, 6.45) is 1.64. The standard InChI is InChI=1S/C9H7BrN2O2/c1-12-8-5(9(13)14)2-3-7(10)6(8)4-11-12/h2-4H,1H3,(H,13,14). The number of carboxylic acids is 1. The minimum atomic E-state index is -0.939. The van der Waals surface area contributed by atoms with Gasteiger partial charge in [0.1, 0.15) is 0 Å². The molecule has 0 spiro atoms. The normalized spacial score (nSPS) is 10.7. The molecule has 5 heteroatoms. The molecule has 0 saturated heterocycles. The fraction of sp³-hybridized carbons (Fsp3) is 0.111. The van der Waals surface area contributed by atoms with Crippen molar-refractivity contribution in [1.29, 1.82) is 0 Å². The molecule has 1 aromatic heterocycles. The third-order valence-electron chi connectivity index (χ3n) is 2.08. The molecule has 0 aliphatic heterocycles. The molecule has 0 fully saturated rings. The Morgan fingerprint density at radius 2 is 2.29 bits per heavy atom. The Bertz CT molecular complexity index is 519. The summed E-state index contributed by atoms with van der Waals surface area (Å²) in [5.41, 5.74) is 0.898. The van der Waals surface area contributed by atoms with Gasteiger partial charge in [-0.05, 0) is 12.1 Å². The molecule has 1 N–H and O–H groups in total. The van der Waals surface area contributed by atoms with Crippen LogP contribution in [0.2, 0.25) is 0 Å². The van der Waals surface area contributed by atoms with Crippen LogP contribution < -0.4 is 0 Å². The van der Waals surface area contributed by atoms with Gasteiger partial charge in [-0.3, -0.25) is 4.68 Å². The number of nitrogens with zero attached hydrogens (tertiary/aromatic N) is 2. The summed E-state index contributed by atoms with van der Waals surface area (Å²) in [6, 6.07) is 3.28. The van der Waals surface area contributed by atoms with Crippen molar-refractivity contribution in [3.8, 4) is 0 Å².